The fraction of sp³-hybridized carbons (Fsp3) is 0.200. The summed E-state index contributed by atoms with van der Waals surface area (Å²) in [5.74, 6) is -0.251. The molecule has 0 spiro atoms. The Hall–Kier alpha value is -3.85. The van der Waals surface area contributed by atoms with Crippen LogP contribution in [-0.2, 0) is 11.3 Å². The van der Waals surface area contributed by atoms with E-state index in [0.717, 1.165) is 16.5 Å². The standard InChI is InChI=1S/C25H25N5O3S/c1-2-14-29(21(31)16-34-20-13-12-18-10-6-7-11-19(18)27-20)22-23(26)30(25(33)28-24(22)32)15-17-8-4-3-5-9-17/h3-13H,2,14-16,26H2,1H3,(H,28,32,33). The number of rotatable bonds is 8. The van der Waals surface area contributed by atoms with Crippen molar-refractivity contribution >= 4 is 40.1 Å². The number of carbonyl (C=O) groups excluding carboxylic acids is 1. The molecule has 2 aromatic heterocycles. The summed E-state index contributed by atoms with van der Waals surface area (Å²) in [6, 6.07) is 20.9. The van der Waals surface area contributed by atoms with Gasteiger partial charge in [-0.1, -0.05) is 73.3 Å². The fourth-order valence-electron chi connectivity index (χ4n) is 3.69. The van der Waals surface area contributed by atoms with E-state index >= 15 is 0 Å². The Balaban J connectivity index is 1.61. The first-order valence-electron chi connectivity index (χ1n) is 10.9. The molecule has 4 aromatic rings. The number of nitrogens with two attached hydrogens (primary N) is 1. The van der Waals surface area contributed by atoms with Gasteiger partial charge in [-0.05, 0) is 24.1 Å². The van der Waals surface area contributed by atoms with Crippen molar-refractivity contribution in [1.29, 1.82) is 0 Å². The van der Waals surface area contributed by atoms with Crippen LogP contribution in [0.25, 0.3) is 10.9 Å². The lowest BCUT2D eigenvalue weighted by Crippen LogP contribution is -2.42. The summed E-state index contributed by atoms with van der Waals surface area (Å²) in [4.78, 5) is 46.7. The molecular weight excluding hydrogens is 450 g/mol. The van der Waals surface area contributed by atoms with Gasteiger partial charge in [0, 0.05) is 11.9 Å². The highest BCUT2D eigenvalue weighted by molar-refractivity contribution is 7.99. The van der Waals surface area contributed by atoms with Gasteiger partial charge >= 0.3 is 5.69 Å². The molecule has 0 saturated heterocycles. The monoisotopic (exact) mass is 475 g/mol. The van der Waals surface area contributed by atoms with Gasteiger partial charge in [-0.25, -0.2) is 9.78 Å². The van der Waals surface area contributed by atoms with Crippen LogP contribution in [0.15, 0.2) is 81.3 Å². The van der Waals surface area contributed by atoms with Crippen LogP contribution in [0.3, 0.4) is 0 Å². The quantitative estimate of drug-likeness (QED) is 0.378. The van der Waals surface area contributed by atoms with E-state index in [1.165, 1.54) is 21.2 Å². The van der Waals surface area contributed by atoms with Crippen LogP contribution in [0.2, 0.25) is 0 Å². The fourth-order valence-corrected chi connectivity index (χ4v) is 4.44. The van der Waals surface area contributed by atoms with E-state index in [2.05, 4.69) is 9.97 Å². The minimum atomic E-state index is -0.678. The minimum Gasteiger partial charge on any atom is -0.383 e. The molecule has 1 amide bonds. The number of para-hydroxylation sites is 1. The summed E-state index contributed by atoms with van der Waals surface area (Å²) in [5, 5.41) is 1.73. The first-order chi connectivity index (χ1) is 16.5. The number of amides is 1. The van der Waals surface area contributed by atoms with Crippen molar-refractivity contribution < 1.29 is 4.79 Å². The van der Waals surface area contributed by atoms with Crippen molar-refractivity contribution in [2.24, 2.45) is 0 Å². The SMILES string of the molecule is CCCN(C(=O)CSc1ccc2ccccc2n1)c1c(N)n(Cc2ccccc2)c(=O)[nH]c1=O. The second-order valence-electron chi connectivity index (χ2n) is 7.74. The number of anilines is 2. The summed E-state index contributed by atoms with van der Waals surface area (Å²) in [5.41, 5.74) is 6.70. The van der Waals surface area contributed by atoms with E-state index in [1.807, 2.05) is 73.7 Å². The van der Waals surface area contributed by atoms with Crippen molar-refractivity contribution in [3.8, 4) is 0 Å². The largest absolute Gasteiger partial charge is 0.383 e. The molecule has 0 bridgehead atoms. The van der Waals surface area contributed by atoms with E-state index in [9.17, 15) is 14.4 Å². The molecule has 4 rings (SSSR count). The lowest BCUT2D eigenvalue weighted by molar-refractivity contribution is -0.116. The smallest absolute Gasteiger partial charge is 0.330 e. The Labute approximate surface area is 200 Å². The van der Waals surface area contributed by atoms with Crippen molar-refractivity contribution in [3.05, 3.63) is 93.1 Å². The molecule has 0 aliphatic rings. The van der Waals surface area contributed by atoms with Crippen LogP contribution in [0, 0.1) is 0 Å². The number of H-pyrrole nitrogens is 1. The highest BCUT2D eigenvalue weighted by Crippen LogP contribution is 2.23. The van der Waals surface area contributed by atoms with E-state index in [4.69, 9.17) is 5.73 Å². The molecule has 0 atom stereocenters. The first kappa shape index (κ1) is 23.3. The Bertz CT molecular complexity index is 1430. The lowest BCUT2D eigenvalue weighted by atomic mass is 10.2. The van der Waals surface area contributed by atoms with Gasteiger partial charge in [-0.3, -0.25) is 19.1 Å². The zero-order valence-corrected chi connectivity index (χ0v) is 19.5. The van der Waals surface area contributed by atoms with E-state index in [1.54, 1.807) is 0 Å². The van der Waals surface area contributed by atoms with Gasteiger partial charge in [0.05, 0.1) is 22.8 Å². The van der Waals surface area contributed by atoms with Crippen molar-refractivity contribution in [2.75, 3.05) is 22.9 Å². The number of hydrogen-bond acceptors (Lipinski definition) is 6. The first-order valence-corrected chi connectivity index (χ1v) is 11.9. The summed E-state index contributed by atoms with van der Waals surface area (Å²) < 4.78 is 1.28. The molecule has 174 valence electrons. The number of benzene rings is 2. The number of aromatic nitrogens is 3. The summed E-state index contributed by atoms with van der Waals surface area (Å²) in [6.45, 7) is 2.38. The average Bonchev–Trinajstić information content (AvgIpc) is 2.85. The number of carbonyl (C=O) groups is 1. The normalized spacial score (nSPS) is 11.0. The molecule has 0 saturated carbocycles. The zero-order chi connectivity index (χ0) is 24.1. The van der Waals surface area contributed by atoms with E-state index < -0.39 is 11.2 Å². The molecule has 3 N–H and O–H groups in total. The summed E-state index contributed by atoms with van der Waals surface area (Å²) in [7, 11) is 0. The predicted octanol–water partition coefficient (Wildman–Crippen LogP) is 3.25. The number of nitrogen functional groups attached to an aromatic ring is 1. The third-order valence-electron chi connectivity index (χ3n) is 5.33. The lowest BCUT2D eigenvalue weighted by Gasteiger charge is -2.24. The molecule has 8 nitrogen and oxygen atoms in total. The predicted molar refractivity (Wildman–Crippen MR) is 136 cm³/mol. The Morgan fingerprint density at radius 3 is 2.56 bits per heavy atom. The summed E-state index contributed by atoms with van der Waals surface area (Å²) >= 11 is 1.29. The molecule has 9 heteroatoms. The Kier molecular flexibility index (Phi) is 7.12. The number of thioether (sulfide) groups is 1. The molecule has 0 aliphatic heterocycles. The number of nitrogens with one attached hydrogen (secondary N) is 1. The number of nitrogens with zero attached hydrogens (tertiary/aromatic N) is 3. The molecule has 0 fully saturated rings. The van der Waals surface area contributed by atoms with Crippen LogP contribution in [0.4, 0.5) is 11.5 Å². The van der Waals surface area contributed by atoms with Crippen LogP contribution >= 0.6 is 11.8 Å². The average molecular weight is 476 g/mol. The molecule has 2 heterocycles. The molecular formula is C25H25N5O3S. The second kappa shape index (κ2) is 10.4. The number of fused-ring (bicyclic) bond motifs is 1. The second-order valence-corrected chi connectivity index (χ2v) is 8.74. The third-order valence-corrected chi connectivity index (χ3v) is 6.25. The van der Waals surface area contributed by atoms with Crippen LogP contribution in [0.1, 0.15) is 18.9 Å². The van der Waals surface area contributed by atoms with Crippen LogP contribution in [0.5, 0.6) is 0 Å². The molecule has 34 heavy (non-hydrogen) atoms. The topological polar surface area (TPSA) is 114 Å². The minimum absolute atomic E-state index is 0.00514. The van der Waals surface area contributed by atoms with Crippen molar-refractivity contribution in [3.63, 3.8) is 0 Å². The van der Waals surface area contributed by atoms with Gasteiger partial charge in [0.25, 0.3) is 5.56 Å². The molecule has 2 aromatic carbocycles. The highest BCUT2D eigenvalue weighted by atomic mass is 32.2. The highest BCUT2D eigenvalue weighted by Gasteiger charge is 2.24. The van der Waals surface area contributed by atoms with Crippen molar-refractivity contribution in [1.82, 2.24) is 14.5 Å². The number of pyridine rings is 1. The molecule has 0 radical (unpaired) electrons. The Morgan fingerprint density at radius 2 is 1.79 bits per heavy atom. The maximum atomic E-state index is 13.2. The van der Waals surface area contributed by atoms with Gasteiger partial charge in [0.2, 0.25) is 5.91 Å². The van der Waals surface area contributed by atoms with Crippen molar-refractivity contribution in [2.45, 2.75) is 24.9 Å². The van der Waals surface area contributed by atoms with E-state index in [0.29, 0.717) is 18.0 Å². The van der Waals surface area contributed by atoms with Crippen LogP contribution < -0.4 is 21.9 Å². The number of aromatic amines is 1. The molecule has 0 unspecified atom stereocenters. The van der Waals surface area contributed by atoms with Gasteiger partial charge in [-0.2, -0.15) is 0 Å². The van der Waals surface area contributed by atoms with Gasteiger partial charge in [-0.15, -0.1) is 0 Å². The zero-order valence-electron chi connectivity index (χ0n) is 18.7. The van der Waals surface area contributed by atoms with Crippen LogP contribution in [-0.4, -0.2) is 32.7 Å². The van der Waals surface area contributed by atoms with E-state index in [-0.39, 0.29) is 29.7 Å². The summed E-state index contributed by atoms with van der Waals surface area (Å²) in [6.07, 6.45) is 0.612. The van der Waals surface area contributed by atoms with Gasteiger partial charge in [0.15, 0.2) is 5.69 Å². The Morgan fingerprint density at radius 1 is 1.06 bits per heavy atom. The molecule has 0 aliphatic carbocycles. The van der Waals surface area contributed by atoms with Gasteiger partial charge in [0.1, 0.15) is 5.82 Å². The maximum absolute atomic E-state index is 13.2. The van der Waals surface area contributed by atoms with Gasteiger partial charge < -0.3 is 10.6 Å². The third kappa shape index (κ3) is 5.04. The number of hydrogen-bond donors (Lipinski definition) is 2. The maximum Gasteiger partial charge on any atom is 0.330 e.